The molecule has 0 saturated carbocycles. The summed E-state index contributed by atoms with van der Waals surface area (Å²) in [6.45, 7) is 3.89. The van der Waals surface area contributed by atoms with Gasteiger partial charge in [-0.15, -0.1) is 0 Å². The van der Waals surface area contributed by atoms with Crippen molar-refractivity contribution in [1.29, 1.82) is 0 Å². The zero-order chi connectivity index (χ0) is 16.1. The van der Waals surface area contributed by atoms with Crippen molar-refractivity contribution >= 4 is 39.0 Å². The van der Waals surface area contributed by atoms with Crippen LogP contribution < -0.4 is 10.1 Å². The van der Waals surface area contributed by atoms with Gasteiger partial charge in [-0.25, -0.2) is 0 Å². The van der Waals surface area contributed by atoms with E-state index in [1.54, 1.807) is 37.4 Å². The summed E-state index contributed by atoms with van der Waals surface area (Å²) in [5.41, 5.74) is 1.92. The molecule has 0 amide bonds. The Kier molecular flexibility index (Phi) is 5.63. The number of anilines is 1. The van der Waals surface area contributed by atoms with Crippen LogP contribution in [0.2, 0.25) is 5.02 Å². The summed E-state index contributed by atoms with van der Waals surface area (Å²) in [6, 6.07) is 12.5. The smallest absolute Gasteiger partial charge is 0.168 e. The monoisotopic (exact) mass is 379 g/mol. The van der Waals surface area contributed by atoms with Gasteiger partial charge in [-0.1, -0.05) is 34.1 Å². The topological polar surface area (TPSA) is 38.3 Å². The summed E-state index contributed by atoms with van der Waals surface area (Å²) in [7, 11) is 1.59. The van der Waals surface area contributed by atoms with E-state index in [0.29, 0.717) is 16.3 Å². The number of allylic oxidation sites excluding steroid dienone is 1. The number of ketones is 1. The molecule has 114 valence electrons. The lowest BCUT2D eigenvalue weighted by molar-refractivity contribution is 0.0993. The zero-order valence-corrected chi connectivity index (χ0v) is 14.4. The van der Waals surface area contributed by atoms with Crippen LogP contribution in [-0.2, 0) is 0 Å². The Morgan fingerprint density at radius 1 is 1.27 bits per heavy atom. The first kappa shape index (κ1) is 16.6. The van der Waals surface area contributed by atoms with E-state index >= 15 is 0 Å². The summed E-state index contributed by atoms with van der Waals surface area (Å²) in [6.07, 6.45) is 0.193. The van der Waals surface area contributed by atoms with Crippen molar-refractivity contribution in [2.75, 3.05) is 12.4 Å². The Balaban J connectivity index is 2.00. The van der Waals surface area contributed by atoms with Gasteiger partial charge in [0.2, 0.25) is 0 Å². The maximum Gasteiger partial charge on any atom is 0.168 e. The fourth-order valence-electron chi connectivity index (χ4n) is 1.90. The molecular weight excluding hydrogens is 366 g/mol. The van der Waals surface area contributed by atoms with Gasteiger partial charge >= 0.3 is 0 Å². The van der Waals surface area contributed by atoms with Crippen molar-refractivity contribution in [2.45, 2.75) is 6.42 Å². The molecule has 0 atom stereocenters. The first-order valence-electron chi connectivity index (χ1n) is 6.56. The van der Waals surface area contributed by atoms with Crippen LogP contribution in [0.4, 0.5) is 5.69 Å². The summed E-state index contributed by atoms with van der Waals surface area (Å²) in [5.74, 6) is 0.698. The number of rotatable bonds is 6. The highest BCUT2D eigenvalue weighted by molar-refractivity contribution is 9.10. The second kappa shape index (κ2) is 7.47. The third-order valence-corrected chi connectivity index (χ3v) is 3.83. The van der Waals surface area contributed by atoms with Gasteiger partial charge in [-0.3, -0.25) is 4.79 Å². The number of benzene rings is 2. The van der Waals surface area contributed by atoms with E-state index in [9.17, 15) is 4.79 Å². The van der Waals surface area contributed by atoms with Crippen molar-refractivity contribution in [3.63, 3.8) is 0 Å². The fourth-order valence-corrected chi connectivity index (χ4v) is 2.62. The highest BCUT2D eigenvalue weighted by Gasteiger charge is 2.09. The highest BCUT2D eigenvalue weighted by Crippen LogP contribution is 2.27. The first-order chi connectivity index (χ1) is 10.5. The van der Waals surface area contributed by atoms with Gasteiger partial charge in [0.15, 0.2) is 5.78 Å². The number of Topliss-reactive ketones (excluding diaryl/α,β-unsaturated/α-hetero) is 1. The van der Waals surface area contributed by atoms with Gasteiger partial charge in [0, 0.05) is 15.7 Å². The van der Waals surface area contributed by atoms with Crippen molar-refractivity contribution in [3.8, 4) is 5.75 Å². The molecule has 5 heteroatoms. The molecule has 0 spiro atoms. The standard InChI is InChI=1S/C17H15BrClNO2/c1-11(20-16-8-5-13(18)10-15(16)19)9-17(21)12-3-6-14(22-2)7-4-12/h3-8,10,20H,1,9H2,2H3. The quantitative estimate of drug-likeness (QED) is 0.690. The molecule has 0 aliphatic carbocycles. The summed E-state index contributed by atoms with van der Waals surface area (Å²) >= 11 is 9.47. The molecule has 2 aromatic rings. The Hall–Kier alpha value is -1.78. The van der Waals surface area contributed by atoms with Crippen LogP contribution in [0.15, 0.2) is 59.2 Å². The van der Waals surface area contributed by atoms with Crippen LogP contribution in [0.1, 0.15) is 16.8 Å². The van der Waals surface area contributed by atoms with Gasteiger partial charge in [0.25, 0.3) is 0 Å². The van der Waals surface area contributed by atoms with Gasteiger partial charge in [-0.2, -0.15) is 0 Å². The first-order valence-corrected chi connectivity index (χ1v) is 7.74. The molecule has 2 aromatic carbocycles. The van der Waals surface area contributed by atoms with E-state index in [2.05, 4.69) is 27.8 Å². The Morgan fingerprint density at radius 3 is 2.55 bits per heavy atom. The Labute approximate surface area is 143 Å². The molecule has 1 N–H and O–H groups in total. The molecular formula is C17H15BrClNO2. The lowest BCUT2D eigenvalue weighted by Crippen LogP contribution is -2.06. The van der Waals surface area contributed by atoms with E-state index < -0.39 is 0 Å². The highest BCUT2D eigenvalue weighted by atomic mass is 79.9. The molecule has 0 aliphatic rings. The lowest BCUT2D eigenvalue weighted by Gasteiger charge is -2.11. The van der Waals surface area contributed by atoms with Gasteiger partial charge in [0.1, 0.15) is 5.75 Å². The number of hydrogen-bond acceptors (Lipinski definition) is 3. The second-order valence-corrected chi connectivity index (χ2v) is 6.00. The van der Waals surface area contributed by atoms with E-state index in [1.807, 2.05) is 12.1 Å². The van der Waals surface area contributed by atoms with E-state index in [0.717, 1.165) is 15.9 Å². The average molecular weight is 381 g/mol. The van der Waals surface area contributed by atoms with Crippen LogP contribution in [0.5, 0.6) is 5.75 Å². The minimum atomic E-state index is -0.0200. The number of ether oxygens (including phenoxy) is 1. The Bertz CT molecular complexity index is 698. The molecule has 0 fully saturated rings. The largest absolute Gasteiger partial charge is 0.497 e. The minimum absolute atomic E-state index is 0.0200. The number of methoxy groups -OCH3 is 1. The van der Waals surface area contributed by atoms with Crippen molar-refractivity contribution in [2.24, 2.45) is 0 Å². The maximum atomic E-state index is 12.2. The van der Waals surface area contributed by atoms with Crippen LogP contribution >= 0.6 is 27.5 Å². The normalized spacial score (nSPS) is 10.1. The summed E-state index contributed by atoms with van der Waals surface area (Å²) in [4.78, 5) is 12.2. The van der Waals surface area contributed by atoms with Crippen molar-refractivity contribution < 1.29 is 9.53 Å². The van der Waals surface area contributed by atoms with Crippen LogP contribution in [0.3, 0.4) is 0 Å². The van der Waals surface area contributed by atoms with E-state index in [4.69, 9.17) is 16.3 Å². The molecule has 0 heterocycles. The summed E-state index contributed by atoms with van der Waals surface area (Å²) in [5, 5.41) is 3.63. The molecule has 0 unspecified atom stereocenters. The molecule has 0 aliphatic heterocycles. The van der Waals surface area contributed by atoms with Gasteiger partial charge in [0.05, 0.1) is 24.2 Å². The molecule has 22 heavy (non-hydrogen) atoms. The molecule has 0 saturated heterocycles. The number of hydrogen-bond donors (Lipinski definition) is 1. The predicted octanol–water partition coefficient (Wildman–Crippen LogP) is 5.31. The van der Waals surface area contributed by atoms with Crippen molar-refractivity contribution in [3.05, 3.63) is 69.8 Å². The number of carbonyl (C=O) groups is 1. The zero-order valence-electron chi connectivity index (χ0n) is 12.0. The van der Waals surface area contributed by atoms with Crippen LogP contribution in [-0.4, -0.2) is 12.9 Å². The molecule has 2 rings (SSSR count). The number of carbonyl (C=O) groups excluding carboxylic acids is 1. The van der Waals surface area contributed by atoms with Gasteiger partial charge < -0.3 is 10.1 Å². The lowest BCUT2D eigenvalue weighted by atomic mass is 10.1. The minimum Gasteiger partial charge on any atom is -0.497 e. The molecule has 0 radical (unpaired) electrons. The van der Waals surface area contributed by atoms with E-state index in [-0.39, 0.29) is 12.2 Å². The van der Waals surface area contributed by atoms with Crippen LogP contribution in [0.25, 0.3) is 0 Å². The van der Waals surface area contributed by atoms with Crippen molar-refractivity contribution in [1.82, 2.24) is 0 Å². The summed E-state index contributed by atoms with van der Waals surface area (Å²) < 4.78 is 5.96. The van der Waals surface area contributed by atoms with Crippen LogP contribution in [0, 0.1) is 0 Å². The molecule has 0 bridgehead atoms. The number of nitrogens with one attached hydrogen (secondary N) is 1. The van der Waals surface area contributed by atoms with E-state index in [1.165, 1.54) is 0 Å². The fraction of sp³-hybridized carbons (Fsp3) is 0.118. The SMILES string of the molecule is C=C(CC(=O)c1ccc(OC)cc1)Nc1ccc(Br)cc1Cl. The predicted molar refractivity (Wildman–Crippen MR) is 93.9 cm³/mol. The third kappa shape index (κ3) is 4.36. The molecule has 0 aromatic heterocycles. The molecule has 3 nitrogen and oxygen atoms in total. The van der Waals surface area contributed by atoms with Gasteiger partial charge in [-0.05, 0) is 42.5 Å². The Morgan fingerprint density at radius 2 is 1.95 bits per heavy atom. The maximum absolute atomic E-state index is 12.2. The second-order valence-electron chi connectivity index (χ2n) is 4.68. The third-order valence-electron chi connectivity index (χ3n) is 3.03. The number of halogens is 2. The average Bonchev–Trinajstić information content (AvgIpc) is 2.50.